The van der Waals surface area contributed by atoms with Crippen LogP contribution in [0.5, 0.6) is 0 Å². The summed E-state index contributed by atoms with van der Waals surface area (Å²) in [5.41, 5.74) is 0. The molecule has 0 unspecified atom stereocenters. The summed E-state index contributed by atoms with van der Waals surface area (Å²) in [5.74, 6) is -3.26. The van der Waals surface area contributed by atoms with E-state index >= 15 is 0 Å². The van der Waals surface area contributed by atoms with E-state index in [1.54, 1.807) is 27.7 Å². The first-order chi connectivity index (χ1) is 11.6. The van der Waals surface area contributed by atoms with Crippen LogP contribution in [0.1, 0.15) is 27.7 Å². The minimum atomic E-state index is -2.26. The summed E-state index contributed by atoms with van der Waals surface area (Å²) in [4.78, 5) is 42.8. The van der Waals surface area contributed by atoms with Crippen molar-refractivity contribution in [3.8, 4) is 0 Å². The molecule has 0 fully saturated rings. The van der Waals surface area contributed by atoms with Gasteiger partial charge in [-0.25, -0.2) is 9.59 Å². The Bertz CT molecular complexity index is 418. The van der Waals surface area contributed by atoms with Crippen molar-refractivity contribution >= 4 is 63.0 Å². The number of halogens is 3. The zero-order valence-corrected chi connectivity index (χ0v) is 17.4. The van der Waals surface area contributed by atoms with Crippen LogP contribution in [-0.4, -0.2) is 59.5 Å². The third kappa shape index (κ3) is 10.5. The molecule has 0 aliphatic heterocycles. The molecule has 0 heterocycles. The summed E-state index contributed by atoms with van der Waals surface area (Å²) in [5, 5.41) is 0. The van der Waals surface area contributed by atoms with Gasteiger partial charge in [-0.05, 0) is 27.7 Å². The molecule has 11 heteroatoms. The topological polar surface area (TPSA) is 105 Å². The predicted octanol–water partition coefficient (Wildman–Crippen LogP) is 2.16. The van der Waals surface area contributed by atoms with Gasteiger partial charge in [0.15, 0.2) is 0 Å². The van der Waals surface area contributed by atoms with Gasteiger partial charge in [0.25, 0.3) is 0 Å². The molecule has 0 N–H and O–H groups in total. The molecule has 8 nitrogen and oxygen atoms in total. The highest BCUT2D eigenvalue weighted by Gasteiger charge is 2.45. The van der Waals surface area contributed by atoms with Crippen LogP contribution in [0.25, 0.3) is 0 Å². The van der Waals surface area contributed by atoms with Gasteiger partial charge in [-0.2, -0.15) is 0 Å². The van der Waals surface area contributed by atoms with Crippen molar-refractivity contribution in [3.63, 3.8) is 0 Å². The number of ether oxygens (including phenoxy) is 4. The third-order valence-corrected chi connectivity index (χ3v) is 3.42. The Balaban J connectivity index is 0. The summed E-state index contributed by atoms with van der Waals surface area (Å²) in [7, 11) is 0. The van der Waals surface area contributed by atoms with E-state index in [1.165, 1.54) is 0 Å². The highest BCUT2D eigenvalue weighted by atomic mass is 79.9. The van der Waals surface area contributed by atoms with E-state index in [9.17, 15) is 19.2 Å². The van der Waals surface area contributed by atoms with Crippen molar-refractivity contribution in [2.24, 2.45) is 0 Å². The van der Waals surface area contributed by atoms with Gasteiger partial charge in [0.05, 0.1) is 26.4 Å². The first-order valence-corrected chi connectivity index (χ1v) is 8.96. The van der Waals surface area contributed by atoms with Gasteiger partial charge in [0.1, 0.15) is 0 Å². The van der Waals surface area contributed by atoms with Crippen LogP contribution in [0.15, 0.2) is 0 Å². The molecular formula is C14H21BrCl2O8. The van der Waals surface area contributed by atoms with Gasteiger partial charge in [-0.1, -0.05) is 39.1 Å². The summed E-state index contributed by atoms with van der Waals surface area (Å²) in [6.45, 7) is 7.19. The second-order valence-corrected chi connectivity index (χ2v) is 6.13. The molecule has 0 saturated heterocycles. The number of alkyl halides is 3. The van der Waals surface area contributed by atoms with Crippen LogP contribution >= 0.6 is 39.1 Å². The summed E-state index contributed by atoms with van der Waals surface area (Å²) >= 11 is 13.7. The van der Waals surface area contributed by atoms with E-state index in [0.717, 1.165) is 0 Å². The quantitative estimate of drug-likeness (QED) is 0.231. The smallest absolute Gasteiger partial charge is 0.354 e. The Labute approximate surface area is 164 Å². The highest BCUT2D eigenvalue weighted by molar-refractivity contribution is 9.10. The molecule has 0 aliphatic carbocycles. The van der Waals surface area contributed by atoms with Crippen molar-refractivity contribution in [1.82, 2.24) is 0 Å². The number of rotatable bonds is 8. The van der Waals surface area contributed by atoms with E-state index in [0.29, 0.717) is 0 Å². The fraction of sp³-hybridized carbons (Fsp3) is 0.714. The molecule has 0 saturated carbocycles. The zero-order chi connectivity index (χ0) is 20.0. The van der Waals surface area contributed by atoms with Crippen molar-refractivity contribution in [2.45, 2.75) is 36.9 Å². The maximum Gasteiger partial charge on any atom is 0.354 e. The maximum absolute atomic E-state index is 11.0. The Morgan fingerprint density at radius 3 is 1.28 bits per heavy atom. The lowest BCUT2D eigenvalue weighted by Crippen LogP contribution is -2.38. The van der Waals surface area contributed by atoms with Crippen molar-refractivity contribution in [2.75, 3.05) is 26.4 Å². The highest BCUT2D eigenvalue weighted by Crippen LogP contribution is 2.24. The van der Waals surface area contributed by atoms with Gasteiger partial charge in [0.2, 0.25) is 4.83 Å². The number of esters is 4. The Morgan fingerprint density at radius 1 is 0.760 bits per heavy atom. The number of carbonyl (C=O) groups excluding carboxylic acids is 4. The predicted molar refractivity (Wildman–Crippen MR) is 93.7 cm³/mol. The third-order valence-electron chi connectivity index (χ3n) is 2.05. The van der Waals surface area contributed by atoms with Gasteiger partial charge in [-0.3, -0.25) is 9.59 Å². The Kier molecular flexibility index (Phi) is 14.8. The first kappa shape index (κ1) is 26.2. The molecule has 0 radical (unpaired) electrons. The SMILES string of the molecule is CCOC(=O)C(Br)C(=O)OCC.CCOC(=O)C(Cl)(Cl)C(=O)OCC. The molecule has 146 valence electrons. The molecule has 0 atom stereocenters. The molecule has 0 spiro atoms. The van der Waals surface area contributed by atoms with E-state index in [1.807, 2.05) is 0 Å². The van der Waals surface area contributed by atoms with Crippen molar-refractivity contribution < 1.29 is 38.1 Å². The van der Waals surface area contributed by atoms with E-state index in [-0.39, 0.29) is 26.4 Å². The molecule has 0 amide bonds. The molecule has 0 aromatic heterocycles. The zero-order valence-electron chi connectivity index (χ0n) is 14.3. The number of carbonyl (C=O) groups is 4. The van der Waals surface area contributed by atoms with Crippen LogP contribution in [0.4, 0.5) is 0 Å². The minimum absolute atomic E-state index is 0.0967. The van der Waals surface area contributed by atoms with E-state index in [4.69, 9.17) is 23.2 Å². The van der Waals surface area contributed by atoms with Gasteiger partial charge in [0, 0.05) is 0 Å². The average molecular weight is 468 g/mol. The molecule has 0 aromatic rings. The lowest BCUT2D eigenvalue weighted by molar-refractivity contribution is -0.156. The lowest BCUT2D eigenvalue weighted by atomic mass is 10.4. The Morgan fingerprint density at radius 2 is 1.04 bits per heavy atom. The molecule has 0 bridgehead atoms. The molecular weight excluding hydrogens is 447 g/mol. The first-order valence-electron chi connectivity index (χ1n) is 7.29. The van der Waals surface area contributed by atoms with Crippen LogP contribution in [0, 0.1) is 0 Å². The van der Waals surface area contributed by atoms with Gasteiger partial charge < -0.3 is 18.9 Å². The number of hydrogen-bond donors (Lipinski definition) is 0. The van der Waals surface area contributed by atoms with Crippen LogP contribution in [-0.2, 0) is 38.1 Å². The second-order valence-electron chi connectivity index (χ2n) is 3.88. The monoisotopic (exact) mass is 466 g/mol. The summed E-state index contributed by atoms with van der Waals surface area (Å²) in [6.07, 6.45) is 0. The molecule has 25 heavy (non-hydrogen) atoms. The van der Waals surface area contributed by atoms with E-state index in [2.05, 4.69) is 34.9 Å². The second kappa shape index (κ2) is 14.1. The normalized spacial score (nSPS) is 10.2. The fourth-order valence-electron chi connectivity index (χ4n) is 1.05. The van der Waals surface area contributed by atoms with Crippen LogP contribution in [0.2, 0.25) is 0 Å². The molecule has 0 aliphatic rings. The Hall–Kier alpha value is -1.06. The van der Waals surface area contributed by atoms with Crippen LogP contribution < -0.4 is 0 Å². The van der Waals surface area contributed by atoms with Gasteiger partial charge in [-0.15, -0.1) is 0 Å². The summed E-state index contributed by atoms with van der Waals surface area (Å²) in [6, 6.07) is 0. The van der Waals surface area contributed by atoms with Crippen molar-refractivity contribution in [1.29, 1.82) is 0 Å². The maximum atomic E-state index is 11.0. The van der Waals surface area contributed by atoms with Crippen LogP contribution in [0.3, 0.4) is 0 Å². The number of hydrogen-bond acceptors (Lipinski definition) is 8. The van der Waals surface area contributed by atoms with Crippen molar-refractivity contribution in [3.05, 3.63) is 0 Å². The fourth-order valence-corrected chi connectivity index (χ4v) is 1.54. The van der Waals surface area contributed by atoms with Gasteiger partial charge >= 0.3 is 28.2 Å². The molecule has 0 rings (SSSR count). The minimum Gasteiger partial charge on any atom is -0.465 e. The lowest BCUT2D eigenvalue weighted by Gasteiger charge is -2.15. The average Bonchev–Trinajstić information content (AvgIpc) is 2.55. The summed E-state index contributed by atoms with van der Waals surface area (Å²) < 4.78 is 15.9. The largest absolute Gasteiger partial charge is 0.465 e. The molecule has 0 aromatic carbocycles. The van der Waals surface area contributed by atoms with E-state index < -0.39 is 33.0 Å². The standard InChI is InChI=1S/C7H11BrO4.C7H10Cl2O4/c1-3-11-6(9)5(8)7(10)12-4-2;1-3-12-5(10)7(8,9)6(11)13-4-2/h5H,3-4H2,1-2H3;3-4H2,1-2H3.